The van der Waals surface area contributed by atoms with Crippen LogP contribution in [0.3, 0.4) is 0 Å². The Bertz CT molecular complexity index is 324. The van der Waals surface area contributed by atoms with Crippen LogP contribution in [0.4, 0.5) is 5.69 Å². The predicted molar refractivity (Wildman–Crippen MR) is 56.0 cm³/mol. The third-order valence-electron chi connectivity index (χ3n) is 2.09. The van der Waals surface area contributed by atoms with Gasteiger partial charge in [-0.2, -0.15) is 0 Å². The van der Waals surface area contributed by atoms with Gasteiger partial charge in [0.1, 0.15) is 5.75 Å². The zero-order chi connectivity index (χ0) is 10.2. The van der Waals surface area contributed by atoms with Crippen molar-refractivity contribution in [3.63, 3.8) is 0 Å². The molecule has 72 valence electrons. The molecule has 0 saturated carbocycles. The Labute approximate surface area is 79.4 Å². The molecule has 0 atom stereocenters. The Morgan fingerprint density at radius 2 is 1.77 bits per heavy atom. The second kappa shape index (κ2) is 2.95. The van der Waals surface area contributed by atoms with Crippen molar-refractivity contribution < 1.29 is 5.11 Å². The highest BCUT2D eigenvalue weighted by atomic mass is 16.3. The van der Waals surface area contributed by atoms with E-state index in [-0.39, 0.29) is 11.2 Å². The average Bonchev–Trinajstić information content (AvgIpc) is 1.94. The van der Waals surface area contributed by atoms with Gasteiger partial charge in [0.25, 0.3) is 0 Å². The summed E-state index contributed by atoms with van der Waals surface area (Å²) in [6.07, 6.45) is 0. The molecule has 0 saturated heterocycles. The van der Waals surface area contributed by atoms with Gasteiger partial charge in [-0.05, 0) is 24.0 Å². The lowest BCUT2D eigenvalue weighted by atomic mass is 9.85. The van der Waals surface area contributed by atoms with Crippen LogP contribution in [0.1, 0.15) is 31.9 Å². The molecule has 0 radical (unpaired) electrons. The van der Waals surface area contributed by atoms with Crippen LogP contribution in [0.5, 0.6) is 5.75 Å². The first kappa shape index (κ1) is 9.90. The number of phenolic OH excluding ortho intramolecular Hbond substituents is 1. The third kappa shape index (κ3) is 1.94. The molecule has 2 nitrogen and oxygen atoms in total. The van der Waals surface area contributed by atoms with E-state index in [1.165, 1.54) is 0 Å². The number of nitrogen functional groups attached to an aromatic ring is 1. The second-order valence-electron chi connectivity index (χ2n) is 4.50. The van der Waals surface area contributed by atoms with Gasteiger partial charge in [0.05, 0.1) is 5.69 Å². The van der Waals surface area contributed by atoms with Crippen LogP contribution in [0.25, 0.3) is 0 Å². The van der Waals surface area contributed by atoms with E-state index < -0.39 is 0 Å². The van der Waals surface area contributed by atoms with Crippen molar-refractivity contribution in [1.82, 2.24) is 0 Å². The molecule has 0 amide bonds. The number of nitrogens with two attached hydrogens (primary N) is 1. The molecule has 0 heterocycles. The van der Waals surface area contributed by atoms with Crippen LogP contribution in [0, 0.1) is 6.92 Å². The number of aromatic hydroxyl groups is 1. The highest BCUT2D eigenvalue weighted by molar-refractivity contribution is 5.59. The maximum atomic E-state index is 9.73. The fourth-order valence-corrected chi connectivity index (χ4v) is 1.38. The van der Waals surface area contributed by atoms with Crippen LogP contribution < -0.4 is 5.73 Å². The van der Waals surface area contributed by atoms with Crippen LogP contribution in [-0.2, 0) is 5.41 Å². The lowest BCUT2D eigenvalue weighted by molar-refractivity contribution is 0.449. The van der Waals surface area contributed by atoms with Gasteiger partial charge in [0.2, 0.25) is 0 Å². The molecule has 0 fully saturated rings. The topological polar surface area (TPSA) is 46.2 Å². The fraction of sp³-hybridized carbons (Fsp3) is 0.455. The Morgan fingerprint density at radius 3 is 2.23 bits per heavy atom. The maximum absolute atomic E-state index is 9.73. The standard InChI is InChI=1S/C11H17NO/c1-7-5-8(11(2,3)4)10(13)9(12)6-7/h5-6,13H,12H2,1-4H3. The van der Waals surface area contributed by atoms with Crippen molar-refractivity contribution in [2.75, 3.05) is 5.73 Å². The summed E-state index contributed by atoms with van der Waals surface area (Å²) >= 11 is 0. The zero-order valence-corrected chi connectivity index (χ0v) is 8.68. The molecular formula is C11H17NO. The van der Waals surface area contributed by atoms with Crippen molar-refractivity contribution >= 4 is 5.69 Å². The maximum Gasteiger partial charge on any atom is 0.142 e. The van der Waals surface area contributed by atoms with Crippen LogP contribution >= 0.6 is 0 Å². The molecule has 0 aliphatic heterocycles. The quantitative estimate of drug-likeness (QED) is 0.475. The van der Waals surface area contributed by atoms with Gasteiger partial charge in [-0.25, -0.2) is 0 Å². The zero-order valence-electron chi connectivity index (χ0n) is 8.68. The molecule has 3 N–H and O–H groups in total. The van der Waals surface area contributed by atoms with E-state index in [2.05, 4.69) is 20.8 Å². The number of rotatable bonds is 0. The number of anilines is 1. The second-order valence-corrected chi connectivity index (χ2v) is 4.50. The Hall–Kier alpha value is -1.18. The minimum absolute atomic E-state index is 0.0653. The molecule has 0 bridgehead atoms. The summed E-state index contributed by atoms with van der Waals surface area (Å²) in [7, 11) is 0. The van der Waals surface area contributed by atoms with Gasteiger partial charge < -0.3 is 10.8 Å². The first-order chi connectivity index (χ1) is 5.82. The van der Waals surface area contributed by atoms with Crippen molar-refractivity contribution in [2.24, 2.45) is 0 Å². The smallest absolute Gasteiger partial charge is 0.142 e. The molecule has 0 unspecified atom stereocenters. The fourth-order valence-electron chi connectivity index (χ4n) is 1.38. The van der Waals surface area contributed by atoms with Crippen LogP contribution in [0.2, 0.25) is 0 Å². The van der Waals surface area contributed by atoms with Gasteiger partial charge in [-0.1, -0.05) is 26.8 Å². The van der Waals surface area contributed by atoms with Gasteiger partial charge in [-0.3, -0.25) is 0 Å². The van der Waals surface area contributed by atoms with E-state index in [1.54, 1.807) is 6.07 Å². The summed E-state index contributed by atoms with van der Waals surface area (Å²) in [4.78, 5) is 0. The first-order valence-electron chi connectivity index (χ1n) is 4.42. The van der Waals surface area contributed by atoms with Crippen molar-refractivity contribution in [2.45, 2.75) is 33.1 Å². The van der Waals surface area contributed by atoms with E-state index in [4.69, 9.17) is 5.73 Å². The van der Waals surface area contributed by atoms with E-state index in [0.717, 1.165) is 11.1 Å². The summed E-state index contributed by atoms with van der Waals surface area (Å²) in [6.45, 7) is 8.15. The summed E-state index contributed by atoms with van der Waals surface area (Å²) in [5, 5.41) is 9.73. The van der Waals surface area contributed by atoms with E-state index in [1.807, 2.05) is 13.0 Å². The van der Waals surface area contributed by atoms with E-state index >= 15 is 0 Å². The van der Waals surface area contributed by atoms with E-state index in [0.29, 0.717) is 5.69 Å². The van der Waals surface area contributed by atoms with Crippen molar-refractivity contribution in [1.29, 1.82) is 0 Å². The largest absolute Gasteiger partial charge is 0.505 e. The summed E-state index contributed by atoms with van der Waals surface area (Å²) in [5.74, 6) is 0.220. The Balaban J connectivity index is 3.37. The Kier molecular flexibility index (Phi) is 2.24. The first-order valence-corrected chi connectivity index (χ1v) is 4.42. The monoisotopic (exact) mass is 179 g/mol. The molecule has 13 heavy (non-hydrogen) atoms. The number of benzene rings is 1. The highest BCUT2D eigenvalue weighted by Gasteiger charge is 2.19. The third-order valence-corrected chi connectivity index (χ3v) is 2.09. The summed E-state index contributed by atoms with van der Waals surface area (Å²) < 4.78 is 0. The van der Waals surface area contributed by atoms with E-state index in [9.17, 15) is 5.11 Å². The van der Waals surface area contributed by atoms with Crippen molar-refractivity contribution in [3.05, 3.63) is 23.3 Å². The van der Waals surface area contributed by atoms with Crippen LogP contribution in [-0.4, -0.2) is 5.11 Å². The molecule has 2 heteroatoms. The lowest BCUT2D eigenvalue weighted by Crippen LogP contribution is -2.12. The van der Waals surface area contributed by atoms with Crippen molar-refractivity contribution in [3.8, 4) is 5.75 Å². The highest BCUT2D eigenvalue weighted by Crippen LogP contribution is 2.35. The molecular weight excluding hydrogens is 162 g/mol. The molecule has 1 aromatic carbocycles. The normalized spacial score (nSPS) is 11.7. The number of phenols is 1. The van der Waals surface area contributed by atoms with Gasteiger partial charge in [0, 0.05) is 5.56 Å². The number of hydrogen-bond donors (Lipinski definition) is 2. The van der Waals surface area contributed by atoms with Gasteiger partial charge >= 0.3 is 0 Å². The number of aryl methyl sites for hydroxylation is 1. The average molecular weight is 179 g/mol. The molecule has 0 aliphatic carbocycles. The molecule has 1 rings (SSSR count). The minimum atomic E-state index is -0.0653. The lowest BCUT2D eigenvalue weighted by Gasteiger charge is -2.21. The SMILES string of the molecule is Cc1cc(N)c(O)c(C(C)(C)C)c1. The van der Waals surface area contributed by atoms with Crippen LogP contribution in [0.15, 0.2) is 12.1 Å². The molecule has 0 spiro atoms. The van der Waals surface area contributed by atoms with Gasteiger partial charge in [0.15, 0.2) is 0 Å². The van der Waals surface area contributed by atoms with Gasteiger partial charge in [-0.15, -0.1) is 0 Å². The minimum Gasteiger partial charge on any atom is -0.505 e. The molecule has 0 aromatic heterocycles. The molecule has 0 aliphatic rings. The Morgan fingerprint density at radius 1 is 1.23 bits per heavy atom. The predicted octanol–water partition coefficient (Wildman–Crippen LogP) is 2.58. The summed E-state index contributed by atoms with van der Waals surface area (Å²) in [6, 6.07) is 3.76. The summed E-state index contributed by atoms with van der Waals surface area (Å²) in [5.41, 5.74) is 8.06. The number of hydrogen-bond acceptors (Lipinski definition) is 2. The molecule has 1 aromatic rings.